The van der Waals surface area contributed by atoms with E-state index in [1.54, 1.807) is 0 Å². The van der Waals surface area contributed by atoms with Gasteiger partial charge in [-0.25, -0.2) is 0 Å². The summed E-state index contributed by atoms with van der Waals surface area (Å²) in [5, 5.41) is 0. The summed E-state index contributed by atoms with van der Waals surface area (Å²) in [6, 6.07) is 0. The third-order valence-electron chi connectivity index (χ3n) is 2.05. The van der Waals surface area contributed by atoms with Crippen LogP contribution in [0.2, 0.25) is 0 Å². The van der Waals surface area contributed by atoms with Crippen molar-refractivity contribution < 1.29 is 0 Å². The highest BCUT2D eigenvalue weighted by Crippen LogP contribution is 2.14. The summed E-state index contributed by atoms with van der Waals surface area (Å²) in [4.78, 5) is 3.96. The molecule has 1 heteroatoms. The van der Waals surface area contributed by atoms with E-state index in [-0.39, 0.29) is 0 Å². The maximum Gasteiger partial charge on any atom is 0.0410 e. The first-order chi connectivity index (χ1) is 5.35. The Kier molecular flexibility index (Phi) is 7.54. The van der Waals surface area contributed by atoms with Gasteiger partial charge in [-0.15, -0.1) is 0 Å². The third-order valence-corrected chi connectivity index (χ3v) is 2.05. The first-order valence-corrected chi connectivity index (χ1v) is 4.77. The summed E-state index contributed by atoms with van der Waals surface area (Å²) in [5.41, 5.74) is 0. The Balaban J connectivity index is 3.41. The molecule has 0 aliphatic rings. The van der Waals surface area contributed by atoms with Gasteiger partial charge in [-0.3, -0.25) is 0 Å². The standard InChI is InChI=1S/C10H21N/c1-4-6-8-10(7-5-2)9-11-3/h10H,3-9H2,1-2H3. The van der Waals surface area contributed by atoms with Gasteiger partial charge in [0.2, 0.25) is 0 Å². The van der Waals surface area contributed by atoms with Crippen LogP contribution >= 0.6 is 0 Å². The molecule has 0 heterocycles. The van der Waals surface area contributed by atoms with Gasteiger partial charge in [-0.1, -0.05) is 33.1 Å². The predicted octanol–water partition coefficient (Wildman–Crippen LogP) is 3.29. The van der Waals surface area contributed by atoms with Crippen molar-refractivity contribution in [2.45, 2.75) is 46.0 Å². The van der Waals surface area contributed by atoms with Gasteiger partial charge in [-0.2, -0.15) is 0 Å². The van der Waals surface area contributed by atoms with Crippen LogP contribution in [0.3, 0.4) is 0 Å². The highest BCUT2D eigenvalue weighted by atomic mass is 14.7. The Labute approximate surface area is 70.9 Å². The Morgan fingerprint density at radius 2 is 1.91 bits per heavy atom. The minimum absolute atomic E-state index is 0.803. The summed E-state index contributed by atoms with van der Waals surface area (Å²) in [6.45, 7) is 8.99. The van der Waals surface area contributed by atoms with Crippen molar-refractivity contribution in [3.8, 4) is 0 Å². The quantitative estimate of drug-likeness (QED) is 0.500. The lowest BCUT2D eigenvalue weighted by molar-refractivity contribution is 0.441. The number of unbranched alkanes of at least 4 members (excludes halogenated alkanes) is 1. The lowest BCUT2D eigenvalue weighted by atomic mass is 9.97. The van der Waals surface area contributed by atoms with Crippen molar-refractivity contribution in [2.75, 3.05) is 6.54 Å². The Morgan fingerprint density at radius 1 is 1.18 bits per heavy atom. The summed E-state index contributed by atoms with van der Waals surface area (Å²) >= 11 is 0. The summed E-state index contributed by atoms with van der Waals surface area (Å²) in [6.07, 6.45) is 6.59. The average Bonchev–Trinajstić information content (AvgIpc) is 2.01. The molecule has 0 bridgehead atoms. The molecule has 0 N–H and O–H groups in total. The van der Waals surface area contributed by atoms with E-state index in [1.807, 2.05) is 0 Å². The largest absolute Gasteiger partial charge is 0.301 e. The molecule has 0 aromatic carbocycles. The zero-order valence-electron chi connectivity index (χ0n) is 7.97. The van der Waals surface area contributed by atoms with Gasteiger partial charge >= 0.3 is 0 Å². The maximum atomic E-state index is 3.96. The zero-order valence-corrected chi connectivity index (χ0v) is 7.97. The Morgan fingerprint density at radius 3 is 2.36 bits per heavy atom. The van der Waals surface area contributed by atoms with E-state index in [1.165, 1.54) is 32.1 Å². The van der Waals surface area contributed by atoms with Crippen molar-refractivity contribution in [3.05, 3.63) is 0 Å². The molecular formula is C10H21N. The molecule has 0 radical (unpaired) electrons. The number of nitrogens with zero attached hydrogens (tertiary/aromatic N) is 1. The van der Waals surface area contributed by atoms with E-state index >= 15 is 0 Å². The molecule has 0 saturated carbocycles. The third kappa shape index (κ3) is 6.08. The fraction of sp³-hybridized carbons (Fsp3) is 0.900. The van der Waals surface area contributed by atoms with Crippen LogP contribution in [0.25, 0.3) is 0 Å². The summed E-state index contributed by atoms with van der Waals surface area (Å²) in [5.74, 6) is 0.803. The first-order valence-electron chi connectivity index (χ1n) is 4.77. The van der Waals surface area contributed by atoms with Crippen molar-refractivity contribution in [3.63, 3.8) is 0 Å². The van der Waals surface area contributed by atoms with Crippen LogP contribution in [-0.4, -0.2) is 13.3 Å². The lowest BCUT2D eigenvalue weighted by Crippen LogP contribution is -2.03. The van der Waals surface area contributed by atoms with E-state index in [0.717, 1.165) is 12.5 Å². The van der Waals surface area contributed by atoms with Gasteiger partial charge in [0.1, 0.15) is 0 Å². The summed E-state index contributed by atoms with van der Waals surface area (Å²) < 4.78 is 0. The van der Waals surface area contributed by atoms with Crippen LogP contribution in [0, 0.1) is 5.92 Å². The molecule has 0 amide bonds. The second-order valence-corrected chi connectivity index (χ2v) is 3.20. The molecule has 1 atom stereocenters. The van der Waals surface area contributed by atoms with E-state index in [2.05, 4.69) is 25.6 Å². The minimum Gasteiger partial charge on any atom is -0.301 e. The number of hydrogen-bond donors (Lipinski definition) is 0. The van der Waals surface area contributed by atoms with Crippen LogP contribution in [0.5, 0.6) is 0 Å². The molecule has 0 spiro atoms. The van der Waals surface area contributed by atoms with E-state index in [9.17, 15) is 0 Å². The number of aliphatic imine (C=N–C) groups is 1. The molecule has 66 valence electrons. The second-order valence-electron chi connectivity index (χ2n) is 3.20. The average molecular weight is 155 g/mol. The Bertz CT molecular complexity index is 88.9. The fourth-order valence-corrected chi connectivity index (χ4v) is 1.41. The molecular weight excluding hydrogens is 134 g/mol. The van der Waals surface area contributed by atoms with Crippen LogP contribution in [0.15, 0.2) is 4.99 Å². The SMILES string of the molecule is C=NCC(CCC)CCCC. The van der Waals surface area contributed by atoms with Gasteiger partial charge in [0, 0.05) is 6.54 Å². The molecule has 1 nitrogen and oxygen atoms in total. The van der Waals surface area contributed by atoms with Crippen molar-refractivity contribution in [1.82, 2.24) is 0 Å². The fourth-order valence-electron chi connectivity index (χ4n) is 1.41. The normalized spacial score (nSPS) is 12.9. The van der Waals surface area contributed by atoms with Gasteiger partial charge in [0.15, 0.2) is 0 Å². The lowest BCUT2D eigenvalue weighted by Gasteiger charge is -2.11. The van der Waals surface area contributed by atoms with Crippen LogP contribution in [0.1, 0.15) is 46.0 Å². The van der Waals surface area contributed by atoms with Crippen LogP contribution in [0.4, 0.5) is 0 Å². The number of hydrogen-bond acceptors (Lipinski definition) is 1. The zero-order chi connectivity index (χ0) is 8.53. The van der Waals surface area contributed by atoms with Crippen molar-refractivity contribution in [1.29, 1.82) is 0 Å². The predicted molar refractivity (Wildman–Crippen MR) is 52.3 cm³/mol. The number of rotatable bonds is 7. The smallest absolute Gasteiger partial charge is 0.0410 e. The molecule has 0 fully saturated rings. The van der Waals surface area contributed by atoms with Gasteiger partial charge in [-0.05, 0) is 25.5 Å². The van der Waals surface area contributed by atoms with Crippen LogP contribution < -0.4 is 0 Å². The Hall–Kier alpha value is -0.330. The van der Waals surface area contributed by atoms with Crippen molar-refractivity contribution in [2.24, 2.45) is 10.9 Å². The maximum absolute atomic E-state index is 3.96. The molecule has 1 unspecified atom stereocenters. The molecule has 0 aromatic heterocycles. The van der Waals surface area contributed by atoms with E-state index in [0.29, 0.717) is 0 Å². The summed E-state index contributed by atoms with van der Waals surface area (Å²) in [7, 11) is 0. The molecule has 0 aliphatic carbocycles. The van der Waals surface area contributed by atoms with Crippen molar-refractivity contribution >= 4 is 6.72 Å². The highest BCUT2D eigenvalue weighted by Gasteiger charge is 2.04. The van der Waals surface area contributed by atoms with Gasteiger partial charge in [0.05, 0.1) is 0 Å². The van der Waals surface area contributed by atoms with E-state index < -0.39 is 0 Å². The van der Waals surface area contributed by atoms with E-state index in [4.69, 9.17) is 0 Å². The molecule has 0 rings (SSSR count). The minimum atomic E-state index is 0.803. The molecule has 0 aliphatic heterocycles. The monoisotopic (exact) mass is 155 g/mol. The topological polar surface area (TPSA) is 12.4 Å². The second kappa shape index (κ2) is 7.77. The molecule has 0 saturated heterocycles. The first kappa shape index (κ1) is 10.7. The molecule has 11 heavy (non-hydrogen) atoms. The van der Waals surface area contributed by atoms with Gasteiger partial charge in [0.25, 0.3) is 0 Å². The molecule has 0 aromatic rings. The highest BCUT2D eigenvalue weighted by molar-refractivity contribution is 5.23. The van der Waals surface area contributed by atoms with Gasteiger partial charge < -0.3 is 4.99 Å². The van der Waals surface area contributed by atoms with Crippen LogP contribution in [-0.2, 0) is 0 Å².